The molecule has 1 aliphatic heterocycles. The van der Waals surface area contributed by atoms with Crippen molar-refractivity contribution >= 4 is 23.8 Å². The highest BCUT2D eigenvalue weighted by atomic mass is 16.4. The first-order chi connectivity index (χ1) is 9.33. The van der Waals surface area contributed by atoms with Crippen LogP contribution in [-0.2, 0) is 14.4 Å². The normalized spacial score (nSPS) is 20.4. The van der Waals surface area contributed by atoms with E-state index in [1.54, 1.807) is 13.8 Å². The summed E-state index contributed by atoms with van der Waals surface area (Å²) < 4.78 is 0. The molecule has 1 heterocycles. The number of amides is 4. The number of piperazine rings is 1. The molecule has 8 heteroatoms. The maximum Gasteiger partial charge on any atom is 0.326 e. The average molecular weight is 285 g/mol. The number of carbonyl (C=O) groups excluding carboxylic acids is 3. The van der Waals surface area contributed by atoms with Crippen LogP contribution in [0.15, 0.2) is 0 Å². The molecule has 1 aliphatic rings. The number of aliphatic carboxylic acids is 1. The number of nitrogens with one attached hydrogen (secondary N) is 1. The van der Waals surface area contributed by atoms with E-state index in [1.165, 1.54) is 7.05 Å². The second-order valence-corrected chi connectivity index (χ2v) is 4.62. The standard InChI is InChI=1S/C12H19N3O5/c1-4-7-10(17)13-9(16)6-15(7)12(20)14(3)8(5-2)11(18)19/h7-8H,4-6H2,1-3H3,(H,18,19)(H,13,16,17). The number of carbonyl (C=O) groups is 4. The van der Waals surface area contributed by atoms with Crippen LogP contribution < -0.4 is 5.32 Å². The van der Waals surface area contributed by atoms with E-state index in [0.29, 0.717) is 6.42 Å². The van der Waals surface area contributed by atoms with Crippen LogP contribution in [0.1, 0.15) is 26.7 Å². The first-order valence-corrected chi connectivity index (χ1v) is 6.43. The van der Waals surface area contributed by atoms with Crippen molar-refractivity contribution in [1.82, 2.24) is 15.1 Å². The summed E-state index contributed by atoms with van der Waals surface area (Å²) in [4.78, 5) is 48.6. The van der Waals surface area contributed by atoms with Gasteiger partial charge in [0.25, 0.3) is 0 Å². The summed E-state index contributed by atoms with van der Waals surface area (Å²) in [6.07, 6.45) is 0.588. The van der Waals surface area contributed by atoms with E-state index in [1.807, 2.05) is 0 Å². The molecule has 0 bridgehead atoms. The van der Waals surface area contributed by atoms with Crippen LogP contribution in [0.25, 0.3) is 0 Å². The van der Waals surface area contributed by atoms with Crippen molar-refractivity contribution in [2.75, 3.05) is 13.6 Å². The molecular weight excluding hydrogens is 266 g/mol. The average Bonchev–Trinajstić information content (AvgIpc) is 2.37. The highest BCUT2D eigenvalue weighted by molar-refractivity contribution is 6.04. The Balaban J connectivity index is 2.95. The van der Waals surface area contributed by atoms with Crippen LogP contribution in [0.3, 0.4) is 0 Å². The van der Waals surface area contributed by atoms with Gasteiger partial charge in [0, 0.05) is 7.05 Å². The van der Waals surface area contributed by atoms with Crippen LogP contribution in [0.4, 0.5) is 4.79 Å². The second-order valence-electron chi connectivity index (χ2n) is 4.62. The van der Waals surface area contributed by atoms with Gasteiger partial charge in [0.2, 0.25) is 11.8 Å². The van der Waals surface area contributed by atoms with Crippen LogP contribution in [0, 0.1) is 0 Å². The lowest BCUT2D eigenvalue weighted by Crippen LogP contribution is -2.62. The van der Waals surface area contributed by atoms with Gasteiger partial charge >= 0.3 is 12.0 Å². The monoisotopic (exact) mass is 285 g/mol. The largest absolute Gasteiger partial charge is 0.480 e. The molecule has 0 aromatic rings. The molecule has 0 radical (unpaired) electrons. The molecule has 2 atom stereocenters. The Hall–Kier alpha value is -2.12. The van der Waals surface area contributed by atoms with E-state index >= 15 is 0 Å². The van der Waals surface area contributed by atoms with Crippen LogP contribution in [0.2, 0.25) is 0 Å². The molecule has 0 aromatic heterocycles. The van der Waals surface area contributed by atoms with Crippen molar-refractivity contribution in [3.8, 4) is 0 Å². The van der Waals surface area contributed by atoms with Gasteiger partial charge < -0.3 is 14.9 Å². The Kier molecular flexibility index (Phi) is 5.06. The number of nitrogens with zero attached hydrogens (tertiary/aromatic N) is 2. The lowest BCUT2D eigenvalue weighted by Gasteiger charge is -2.37. The van der Waals surface area contributed by atoms with Crippen molar-refractivity contribution in [2.24, 2.45) is 0 Å². The number of carboxylic acid groups (broad SMARTS) is 1. The van der Waals surface area contributed by atoms with Crippen LogP contribution >= 0.6 is 0 Å². The summed E-state index contributed by atoms with van der Waals surface area (Å²) in [5, 5.41) is 11.2. The molecule has 0 aromatic carbocycles. The molecule has 8 nitrogen and oxygen atoms in total. The van der Waals surface area contributed by atoms with E-state index in [2.05, 4.69) is 5.32 Å². The predicted molar refractivity (Wildman–Crippen MR) is 68.8 cm³/mol. The van der Waals surface area contributed by atoms with Gasteiger partial charge in [0.05, 0.1) is 0 Å². The third-order valence-electron chi connectivity index (χ3n) is 3.33. The molecule has 0 saturated carbocycles. The van der Waals surface area contributed by atoms with Gasteiger partial charge in [0.15, 0.2) is 0 Å². The molecule has 112 valence electrons. The SMILES string of the molecule is CCC(C(=O)O)N(C)C(=O)N1CC(=O)NC(=O)C1CC. The van der Waals surface area contributed by atoms with Gasteiger partial charge in [-0.1, -0.05) is 13.8 Å². The molecule has 0 spiro atoms. The summed E-state index contributed by atoms with van der Waals surface area (Å²) in [6, 6.07) is -2.37. The second kappa shape index (κ2) is 6.36. The maximum absolute atomic E-state index is 12.3. The van der Waals surface area contributed by atoms with Gasteiger partial charge in [-0.15, -0.1) is 0 Å². The molecule has 2 N–H and O–H groups in total. The lowest BCUT2D eigenvalue weighted by molar-refractivity contribution is -0.142. The van der Waals surface area contributed by atoms with E-state index < -0.39 is 35.9 Å². The third kappa shape index (κ3) is 3.06. The van der Waals surface area contributed by atoms with E-state index in [-0.39, 0.29) is 13.0 Å². The lowest BCUT2D eigenvalue weighted by atomic mass is 10.1. The van der Waals surface area contributed by atoms with Gasteiger partial charge in [-0.25, -0.2) is 9.59 Å². The highest BCUT2D eigenvalue weighted by Crippen LogP contribution is 2.14. The topological polar surface area (TPSA) is 107 Å². The Morgan fingerprint density at radius 2 is 2.05 bits per heavy atom. The maximum atomic E-state index is 12.3. The van der Waals surface area contributed by atoms with Gasteiger partial charge in [-0.2, -0.15) is 0 Å². The van der Waals surface area contributed by atoms with Crippen LogP contribution in [-0.4, -0.2) is 64.4 Å². The Morgan fingerprint density at radius 3 is 2.50 bits per heavy atom. The molecule has 1 rings (SSSR count). The molecule has 2 unspecified atom stereocenters. The number of urea groups is 1. The van der Waals surface area contributed by atoms with Gasteiger partial charge in [0.1, 0.15) is 18.6 Å². The van der Waals surface area contributed by atoms with Crippen molar-refractivity contribution < 1.29 is 24.3 Å². The summed E-state index contributed by atoms with van der Waals surface area (Å²) >= 11 is 0. The Morgan fingerprint density at radius 1 is 1.45 bits per heavy atom. The molecule has 20 heavy (non-hydrogen) atoms. The molecular formula is C12H19N3O5. The fraction of sp³-hybridized carbons (Fsp3) is 0.667. The minimum absolute atomic E-state index is 0.238. The number of imide groups is 1. The number of likely N-dealkylation sites (N-methyl/N-ethyl adjacent to an activating group) is 1. The number of hydrogen-bond donors (Lipinski definition) is 2. The third-order valence-corrected chi connectivity index (χ3v) is 3.33. The zero-order valence-electron chi connectivity index (χ0n) is 11.8. The summed E-state index contributed by atoms with van der Waals surface area (Å²) in [5.74, 6) is -2.22. The van der Waals surface area contributed by atoms with Crippen molar-refractivity contribution in [3.05, 3.63) is 0 Å². The zero-order valence-corrected chi connectivity index (χ0v) is 11.8. The molecule has 1 fully saturated rings. The number of rotatable bonds is 4. The summed E-state index contributed by atoms with van der Waals surface area (Å²) in [5.41, 5.74) is 0. The minimum Gasteiger partial charge on any atom is -0.480 e. The predicted octanol–water partition coefficient (Wildman–Crippen LogP) is -0.362. The van der Waals surface area contributed by atoms with Gasteiger partial charge in [-0.3, -0.25) is 14.9 Å². The Labute approximate surface area is 116 Å². The summed E-state index contributed by atoms with van der Waals surface area (Å²) in [7, 11) is 1.36. The fourth-order valence-corrected chi connectivity index (χ4v) is 2.22. The quantitative estimate of drug-likeness (QED) is 0.686. The first kappa shape index (κ1) is 15.9. The van der Waals surface area contributed by atoms with E-state index in [0.717, 1.165) is 9.80 Å². The number of carboxylic acids is 1. The van der Waals surface area contributed by atoms with Crippen molar-refractivity contribution in [3.63, 3.8) is 0 Å². The molecule has 1 saturated heterocycles. The highest BCUT2D eigenvalue weighted by Gasteiger charge is 2.38. The minimum atomic E-state index is -1.12. The zero-order chi connectivity index (χ0) is 15.4. The fourth-order valence-electron chi connectivity index (χ4n) is 2.22. The Bertz CT molecular complexity index is 437. The molecule has 4 amide bonds. The van der Waals surface area contributed by atoms with E-state index in [4.69, 9.17) is 5.11 Å². The van der Waals surface area contributed by atoms with E-state index in [9.17, 15) is 19.2 Å². The van der Waals surface area contributed by atoms with Crippen molar-refractivity contribution in [2.45, 2.75) is 38.8 Å². The molecule has 0 aliphatic carbocycles. The smallest absolute Gasteiger partial charge is 0.326 e. The first-order valence-electron chi connectivity index (χ1n) is 6.43. The van der Waals surface area contributed by atoms with Crippen LogP contribution in [0.5, 0.6) is 0 Å². The van der Waals surface area contributed by atoms with Crippen molar-refractivity contribution in [1.29, 1.82) is 0 Å². The summed E-state index contributed by atoms with van der Waals surface area (Å²) in [6.45, 7) is 3.12. The van der Waals surface area contributed by atoms with Gasteiger partial charge in [-0.05, 0) is 12.8 Å². The number of hydrogen-bond acceptors (Lipinski definition) is 4.